The third-order valence-electron chi connectivity index (χ3n) is 29.7. The molecule has 586 valence electrons. The van der Waals surface area contributed by atoms with E-state index in [-0.39, 0.29) is 143 Å². The minimum absolute atomic E-state index is 0.00496. The second kappa shape index (κ2) is 28.6. The molecule has 16 saturated heterocycles. The fourth-order valence-electron chi connectivity index (χ4n) is 23.5. The van der Waals surface area contributed by atoms with Crippen LogP contribution in [0.2, 0.25) is 0 Å². The van der Waals surface area contributed by atoms with Crippen LogP contribution in [0.5, 0.6) is 0 Å². The zero-order valence-corrected chi connectivity index (χ0v) is 63.5. The summed E-state index contributed by atoms with van der Waals surface area (Å²) in [6.07, 6.45) is 7.59. The van der Waals surface area contributed by atoms with E-state index in [0.717, 1.165) is 77.0 Å². The second-order valence-corrected chi connectivity index (χ2v) is 35.8. The first-order valence-electron chi connectivity index (χ1n) is 40.3. The standard InChI is InChI=1S/C77H118N2O25/c1-42-13-17-54-46(5)58(88-65-74(54)50(42)21-25-70(9,93-65)97-101-74)39-61(80)84-35-31-78(32-36-85-62(81)40-59-47(6)55-18-14-43(2)51-22-26-71(10)94-66(89-59)75(51,55)102-98-71)29-30-79(33-37-86-63(82)41-60-48(7)56-19-15-44(3)52-23-27-72(11)95-67(90-60)76(52,56)103-99-72)34-38-87-69(83)92-64-49(8)57-20-16-45(4)53-24-28-73(12)96-68(91-64)77(53,57)104-100-73/h42-60,64-68H,13-41H2,1-12H3/t42-,43-,44-,45-,46-,47-,48-,49-,50+,51+,52+,53+,54+,55+,56+,57+,58?,59?,60?,64?,65-,66-,67-,68-,70?,71?,72?,73?,74-,75-,76-,77-/m1/s1. The van der Waals surface area contributed by atoms with Gasteiger partial charge in [-0.15, -0.1) is 0 Å². The number of esters is 3. The van der Waals surface area contributed by atoms with Crippen LogP contribution in [0.4, 0.5) is 4.79 Å². The van der Waals surface area contributed by atoms with E-state index in [1.807, 2.05) is 39.5 Å². The highest BCUT2D eigenvalue weighted by atomic mass is 17.3. The van der Waals surface area contributed by atoms with Crippen LogP contribution in [-0.4, -0.2) is 195 Å². The Bertz CT molecular complexity index is 2740. The van der Waals surface area contributed by atoms with Gasteiger partial charge in [0.05, 0.1) is 37.6 Å². The first-order chi connectivity index (χ1) is 49.7. The van der Waals surface area contributed by atoms with Crippen LogP contribution in [0.15, 0.2) is 0 Å². The van der Waals surface area contributed by atoms with E-state index in [4.69, 9.17) is 101 Å². The Morgan fingerprint density at radius 3 is 0.913 bits per heavy atom. The van der Waals surface area contributed by atoms with Gasteiger partial charge in [0.15, 0.2) is 47.6 Å². The zero-order valence-electron chi connectivity index (χ0n) is 63.5. The number of carbonyl (C=O) groups is 4. The number of hydrogen-bond acceptors (Lipinski definition) is 27. The van der Waals surface area contributed by atoms with Crippen molar-refractivity contribution in [3.8, 4) is 0 Å². The summed E-state index contributed by atoms with van der Waals surface area (Å²) < 4.78 is 83.6. The summed E-state index contributed by atoms with van der Waals surface area (Å²) >= 11 is 0. The van der Waals surface area contributed by atoms with Crippen LogP contribution in [0.25, 0.3) is 0 Å². The fourth-order valence-corrected chi connectivity index (χ4v) is 23.5. The Hall–Kier alpha value is -3.04. The maximum absolute atomic E-state index is 14.2. The van der Waals surface area contributed by atoms with E-state index in [9.17, 15) is 19.2 Å². The highest BCUT2D eigenvalue weighted by molar-refractivity contribution is 5.71. The van der Waals surface area contributed by atoms with Gasteiger partial charge < -0.3 is 61.6 Å². The molecular weight excluding hydrogens is 1350 g/mol. The Morgan fingerprint density at radius 2 is 0.606 bits per heavy atom. The molecule has 27 heteroatoms. The predicted octanol–water partition coefficient (Wildman–Crippen LogP) is 10.5. The molecule has 104 heavy (non-hydrogen) atoms. The highest BCUT2D eigenvalue weighted by Crippen LogP contribution is 2.66. The van der Waals surface area contributed by atoms with Gasteiger partial charge in [0.1, 0.15) is 26.4 Å². The van der Waals surface area contributed by atoms with Crippen LogP contribution < -0.4 is 0 Å². The Kier molecular flexibility index (Phi) is 20.6. The van der Waals surface area contributed by atoms with E-state index >= 15 is 0 Å². The topological polar surface area (TPSA) is 269 Å². The number of nitrogens with zero attached hydrogens (tertiary/aromatic N) is 2. The summed E-state index contributed by atoms with van der Waals surface area (Å²) in [5.74, 6) is -3.30. The minimum atomic E-state index is -1.01. The molecule has 16 aliphatic heterocycles. The molecular formula is C77H118N2O25. The van der Waals surface area contributed by atoms with Gasteiger partial charge >= 0.3 is 24.1 Å². The van der Waals surface area contributed by atoms with Crippen molar-refractivity contribution in [1.82, 2.24) is 9.80 Å². The van der Waals surface area contributed by atoms with Gasteiger partial charge in [-0.05, 0) is 170 Å². The van der Waals surface area contributed by atoms with Crippen molar-refractivity contribution in [2.24, 2.45) is 94.7 Å². The van der Waals surface area contributed by atoms with E-state index in [1.54, 1.807) is 0 Å². The first kappa shape index (κ1) is 75.0. The van der Waals surface area contributed by atoms with Crippen LogP contribution in [0, 0.1) is 94.7 Å². The van der Waals surface area contributed by atoms with E-state index in [2.05, 4.69) is 53.4 Å². The van der Waals surface area contributed by atoms with Crippen molar-refractivity contribution in [1.29, 1.82) is 0 Å². The maximum Gasteiger partial charge on any atom is 0.510 e. The number of carbonyl (C=O) groups excluding carboxylic acids is 4. The molecule has 8 bridgehead atoms. The van der Waals surface area contributed by atoms with Gasteiger partial charge in [-0.3, -0.25) is 24.2 Å². The van der Waals surface area contributed by atoms with Gasteiger partial charge in [0.2, 0.25) is 29.4 Å². The average molecular weight is 1470 g/mol. The lowest BCUT2D eigenvalue weighted by Crippen LogP contribution is -2.70. The molecule has 0 N–H and O–H groups in total. The summed E-state index contributed by atoms with van der Waals surface area (Å²) in [6, 6.07) is 0. The summed E-state index contributed by atoms with van der Waals surface area (Å²) in [7, 11) is 0. The molecule has 0 radical (unpaired) electrons. The van der Waals surface area contributed by atoms with Gasteiger partial charge in [-0.25, -0.2) is 43.9 Å². The first-order valence-corrected chi connectivity index (χ1v) is 40.3. The maximum atomic E-state index is 14.2. The van der Waals surface area contributed by atoms with Crippen molar-refractivity contribution >= 4 is 24.1 Å². The molecule has 0 aromatic heterocycles. The average Bonchev–Trinajstić information content (AvgIpc) is 1.29. The lowest BCUT2D eigenvalue weighted by molar-refractivity contribution is -0.576. The van der Waals surface area contributed by atoms with Crippen molar-refractivity contribution < 1.29 is 120 Å². The molecule has 4 spiro atoms. The minimum Gasteiger partial charge on any atom is -0.464 e. The zero-order chi connectivity index (χ0) is 72.7. The lowest BCUT2D eigenvalue weighted by atomic mass is 9.57. The Balaban J connectivity index is 0.592. The van der Waals surface area contributed by atoms with Gasteiger partial charge in [-0.1, -0.05) is 55.4 Å². The van der Waals surface area contributed by atoms with E-state index < -0.39 is 119 Å². The van der Waals surface area contributed by atoms with Crippen LogP contribution in [0.3, 0.4) is 0 Å². The van der Waals surface area contributed by atoms with E-state index in [1.165, 1.54) is 0 Å². The summed E-state index contributed by atoms with van der Waals surface area (Å²) in [5, 5.41) is 0. The molecule has 8 unspecified atom stereocenters. The second-order valence-electron chi connectivity index (χ2n) is 35.8. The normalized spacial score (nSPS) is 50.6. The molecule has 20 fully saturated rings. The molecule has 0 aromatic rings. The molecule has 4 saturated carbocycles. The fraction of sp³-hybridized carbons (Fsp3) is 0.948. The van der Waals surface area contributed by atoms with Crippen molar-refractivity contribution in [3.63, 3.8) is 0 Å². The third kappa shape index (κ3) is 13.0. The molecule has 0 amide bonds. The summed E-state index contributed by atoms with van der Waals surface area (Å²) in [6.45, 7) is 26.7. The number of hydrogen-bond donors (Lipinski definition) is 0. The Labute approximate surface area is 612 Å². The number of rotatable bonds is 22. The quantitative estimate of drug-likeness (QED) is 0.0554. The molecule has 4 aliphatic carbocycles. The number of ether oxygens (including phenoxy) is 13. The molecule has 32 atom stereocenters. The van der Waals surface area contributed by atoms with E-state index in [0.29, 0.717) is 62.4 Å². The third-order valence-corrected chi connectivity index (χ3v) is 29.7. The highest BCUT2D eigenvalue weighted by Gasteiger charge is 2.74. The monoisotopic (exact) mass is 1470 g/mol. The van der Waals surface area contributed by atoms with Crippen LogP contribution in [-0.2, 0) is 115 Å². The van der Waals surface area contributed by atoms with Gasteiger partial charge in [0, 0.05) is 94.5 Å². The molecule has 27 nitrogen and oxygen atoms in total. The Morgan fingerprint density at radius 1 is 0.327 bits per heavy atom. The van der Waals surface area contributed by atoms with Gasteiger partial charge in [-0.2, -0.15) is 0 Å². The van der Waals surface area contributed by atoms with Crippen molar-refractivity contribution in [2.45, 2.75) is 300 Å². The number of fused-ring (bicyclic) bond motifs is 8. The van der Waals surface area contributed by atoms with Crippen molar-refractivity contribution in [2.75, 3.05) is 65.7 Å². The van der Waals surface area contributed by atoms with Gasteiger partial charge in [0.25, 0.3) is 0 Å². The van der Waals surface area contributed by atoms with Crippen LogP contribution >= 0.6 is 0 Å². The van der Waals surface area contributed by atoms with Crippen molar-refractivity contribution in [3.05, 3.63) is 0 Å². The summed E-state index contributed by atoms with van der Waals surface area (Å²) in [4.78, 5) is 110. The molecule has 16 heterocycles. The predicted molar refractivity (Wildman–Crippen MR) is 359 cm³/mol. The molecule has 20 rings (SSSR count). The van der Waals surface area contributed by atoms with Crippen LogP contribution in [0.1, 0.15) is 205 Å². The molecule has 0 aromatic carbocycles. The lowest BCUT2D eigenvalue weighted by Gasteiger charge is -2.60. The smallest absolute Gasteiger partial charge is 0.464 e. The molecule has 20 aliphatic rings. The largest absolute Gasteiger partial charge is 0.510 e. The SMILES string of the molecule is C[C@@H]1CC[C@H]2[C@@H](C)C(CC(=O)OCCN(CCOC(=O)CC3O[C@@H]4OC5(C)CC[C@H]6[C@H](C)CC[C@@H]([C@H]3C)[C@@]46OO5)CCN(CCOC(=O)CC3O[C@@H]4OC5(C)CC[C@H]6[C@H](C)CC[C@@H]([C@H]3C)[C@@]46OO5)CCOC(=O)OC3O[C@@H]4OC5(C)CC[C@H]6[C@H](C)CC[C@@H]([C@H]3C)[C@@]46OO5)O[C@@H]3OC4(C)CC[C@@H]1[C@]32OO4. The summed E-state index contributed by atoms with van der Waals surface area (Å²) in [5.41, 5.74) is -3.14.